The number of carbonyl (C=O) groups is 2. The van der Waals surface area contributed by atoms with Crippen LogP contribution in [0.3, 0.4) is 0 Å². The fourth-order valence-electron chi connectivity index (χ4n) is 2.39. The fraction of sp³-hybridized carbons (Fsp3) is 0.583. The molecule has 19 heavy (non-hydrogen) atoms. The van der Waals surface area contributed by atoms with Crippen LogP contribution in [0.4, 0.5) is 0 Å². The largest absolute Gasteiger partial charge is 0.481 e. The maximum absolute atomic E-state index is 12.4. The number of rotatable bonds is 2. The number of piperidine rings is 1. The Labute approximate surface area is 115 Å². The van der Waals surface area contributed by atoms with Gasteiger partial charge in [-0.15, -0.1) is 0 Å². The molecule has 0 saturated carbocycles. The third-order valence-corrected chi connectivity index (χ3v) is 3.86. The Morgan fingerprint density at radius 2 is 2.16 bits per heavy atom. The maximum Gasteiger partial charge on any atom is 0.308 e. The molecule has 0 spiro atoms. The van der Waals surface area contributed by atoms with Gasteiger partial charge < -0.3 is 10.0 Å². The molecule has 1 aliphatic rings. The Balaban J connectivity index is 2.22. The van der Waals surface area contributed by atoms with Crippen LogP contribution in [0.25, 0.3) is 0 Å². The Bertz CT molecular complexity index is 527. The molecule has 1 atom stereocenters. The molecule has 1 aromatic rings. The Morgan fingerprint density at radius 1 is 1.47 bits per heavy atom. The molecule has 1 aliphatic heterocycles. The van der Waals surface area contributed by atoms with Crippen LogP contribution in [0.15, 0.2) is 0 Å². The first-order valence-corrected chi connectivity index (χ1v) is 6.50. The normalized spacial score (nSPS) is 19.5. The van der Waals surface area contributed by atoms with Crippen molar-refractivity contribution in [3.05, 3.63) is 16.4 Å². The Kier molecular flexibility index (Phi) is 3.80. The number of likely N-dealkylation sites (tertiary alicyclic amines) is 1. The van der Waals surface area contributed by atoms with Crippen LogP contribution < -0.4 is 0 Å². The van der Waals surface area contributed by atoms with Gasteiger partial charge in [-0.2, -0.15) is 5.10 Å². The van der Waals surface area contributed by atoms with Crippen molar-refractivity contribution in [3.63, 3.8) is 0 Å². The summed E-state index contributed by atoms with van der Waals surface area (Å²) in [5.41, 5.74) is 0.935. The highest BCUT2D eigenvalue weighted by atomic mass is 35.5. The van der Waals surface area contributed by atoms with Crippen LogP contribution in [0.2, 0.25) is 5.15 Å². The molecule has 2 heterocycles. The molecule has 0 aromatic carbocycles. The van der Waals surface area contributed by atoms with Gasteiger partial charge in [-0.05, 0) is 19.8 Å². The zero-order valence-electron chi connectivity index (χ0n) is 10.9. The minimum absolute atomic E-state index is 0.235. The fourth-order valence-corrected chi connectivity index (χ4v) is 2.65. The lowest BCUT2D eigenvalue weighted by atomic mass is 9.98. The van der Waals surface area contributed by atoms with E-state index < -0.39 is 11.9 Å². The topological polar surface area (TPSA) is 75.4 Å². The lowest BCUT2D eigenvalue weighted by Crippen LogP contribution is -2.42. The number of aromatic nitrogens is 2. The third-order valence-electron chi connectivity index (χ3n) is 3.42. The van der Waals surface area contributed by atoms with E-state index in [1.807, 2.05) is 0 Å². The minimum Gasteiger partial charge on any atom is -0.481 e. The van der Waals surface area contributed by atoms with Crippen molar-refractivity contribution in [3.8, 4) is 0 Å². The summed E-state index contributed by atoms with van der Waals surface area (Å²) in [4.78, 5) is 25.0. The van der Waals surface area contributed by atoms with Crippen molar-refractivity contribution in [2.24, 2.45) is 13.0 Å². The van der Waals surface area contributed by atoms with Crippen molar-refractivity contribution in [2.45, 2.75) is 19.8 Å². The van der Waals surface area contributed by atoms with Crippen LogP contribution in [0.5, 0.6) is 0 Å². The van der Waals surface area contributed by atoms with Gasteiger partial charge in [0, 0.05) is 20.1 Å². The molecule has 1 amide bonds. The Hall–Kier alpha value is -1.56. The molecule has 0 aliphatic carbocycles. The molecule has 1 unspecified atom stereocenters. The summed E-state index contributed by atoms with van der Waals surface area (Å²) in [5, 5.41) is 13.4. The van der Waals surface area contributed by atoms with Gasteiger partial charge in [0.1, 0.15) is 5.15 Å². The van der Waals surface area contributed by atoms with Crippen LogP contribution in [-0.4, -0.2) is 44.8 Å². The zero-order chi connectivity index (χ0) is 14.2. The summed E-state index contributed by atoms with van der Waals surface area (Å²) in [5.74, 6) is -1.58. The molecule has 1 aromatic heterocycles. The van der Waals surface area contributed by atoms with E-state index in [1.165, 1.54) is 4.68 Å². The van der Waals surface area contributed by atoms with Gasteiger partial charge in [-0.1, -0.05) is 11.6 Å². The monoisotopic (exact) mass is 285 g/mol. The van der Waals surface area contributed by atoms with Crippen molar-refractivity contribution in [2.75, 3.05) is 13.1 Å². The van der Waals surface area contributed by atoms with Crippen molar-refractivity contribution >= 4 is 23.5 Å². The summed E-state index contributed by atoms with van der Waals surface area (Å²) in [7, 11) is 1.67. The first kappa shape index (κ1) is 13.9. The zero-order valence-corrected chi connectivity index (χ0v) is 11.6. The highest BCUT2D eigenvalue weighted by Crippen LogP contribution is 2.24. The second kappa shape index (κ2) is 5.21. The first-order chi connectivity index (χ1) is 8.91. The minimum atomic E-state index is -0.855. The van der Waals surface area contributed by atoms with Crippen LogP contribution in [0.1, 0.15) is 28.9 Å². The van der Waals surface area contributed by atoms with Gasteiger partial charge in [0.2, 0.25) is 0 Å². The molecule has 0 radical (unpaired) electrons. The highest BCUT2D eigenvalue weighted by Gasteiger charge is 2.31. The molecule has 2 rings (SSSR count). The summed E-state index contributed by atoms with van der Waals surface area (Å²) in [6.45, 7) is 2.52. The van der Waals surface area contributed by atoms with E-state index in [1.54, 1.807) is 18.9 Å². The molecule has 104 valence electrons. The van der Waals surface area contributed by atoms with E-state index >= 15 is 0 Å². The van der Waals surface area contributed by atoms with Gasteiger partial charge in [0.05, 0.1) is 17.2 Å². The van der Waals surface area contributed by atoms with Crippen molar-refractivity contribution in [1.82, 2.24) is 14.7 Å². The SMILES string of the molecule is Cc1nn(C)c(Cl)c1C(=O)N1CCCC(C(=O)O)C1. The third kappa shape index (κ3) is 2.58. The van der Waals surface area contributed by atoms with Crippen molar-refractivity contribution < 1.29 is 14.7 Å². The second-order valence-corrected chi connectivity index (χ2v) is 5.16. The quantitative estimate of drug-likeness (QED) is 0.889. The highest BCUT2D eigenvalue weighted by molar-refractivity contribution is 6.33. The maximum atomic E-state index is 12.4. The number of aliphatic carboxylic acids is 1. The van der Waals surface area contributed by atoms with Gasteiger partial charge in [-0.25, -0.2) is 0 Å². The molecule has 1 fully saturated rings. The van der Waals surface area contributed by atoms with Crippen LogP contribution in [-0.2, 0) is 11.8 Å². The Morgan fingerprint density at radius 3 is 2.68 bits per heavy atom. The van der Waals surface area contributed by atoms with Gasteiger partial charge in [-0.3, -0.25) is 14.3 Å². The van der Waals surface area contributed by atoms with Gasteiger partial charge >= 0.3 is 5.97 Å². The summed E-state index contributed by atoms with van der Waals surface area (Å²) >= 11 is 6.06. The van der Waals surface area contributed by atoms with Gasteiger partial charge in [0.15, 0.2) is 0 Å². The predicted molar refractivity (Wildman–Crippen MR) is 69.2 cm³/mol. The number of aryl methyl sites for hydroxylation is 2. The first-order valence-electron chi connectivity index (χ1n) is 6.13. The molecule has 0 bridgehead atoms. The van der Waals surface area contributed by atoms with Crippen LogP contribution >= 0.6 is 11.6 Å². The van der Waals surface area contributed by atoms with E-state index in [0.29, 0.717) is 35.8 Å². The number of carbonyl (C=O) groups excluding carboxylic acids is 1. The molecular weight excluding hydrogens is 270 g/mol. The second-order valence-electron chi connectivity index (χ2n) is 4.80. The number of hydrogen-bond donors (Lipinski definition) is 1. The summed E-state index contributed by atoms with van der Waals surface area (Å²) in [6, 6.07) is 0. The van der Waals surface area contributed by atoms with E-state index in [9.17, 15) is 9.59 Å². The van der Waals surface area contributed by atoms with E-state index in [2.05, 4.69) is 5.10 Å². The molecule has 6 nitrogen and oxygen atoms in total. The van der Waals surface area contributed by atoms with Crippen molar-refractivity contribution in [1.29, 1.82) is 0 Å². The standard InChI is InChI=1S/C12H16ClN3O3/c1-7-9(10(13)15(2)14-7)11(17)16-5-3-4-8(6-16)12(18)19/h8H,3-6H2,1-2H3,(H,18,19). The lowest BCUT2D eigenvalue weighted by Gasteiger charge is -2.30. The molecule has 7 heteroatoms. The molecule has 1 N–H and O–H groups in total. The number of nitrogens with zero attached hydrogens (tertiary/aromatic N) is 3. The smallest absolute Gasteiger partial charge is 0.308 e. The number of carboxylic acid groups (broad SMARTS) is 1. The van der Waals surface area contributed by atoms with E-state index in [-0.39, 0.29) is 12.5 Å². The average molecular weight is 286 g/mol. The summed E-state index contributed by atoms with van der Waals surface area (Å²) in [6.07, 6.45) is 1.30. The lowest BCUT2D eigenvalue weighted by molar-refractivity contribution is -0.143. The number of carboxylic acids is 1. The van der Waals surface area contributed by atoms with E-state index in [4.69, 9.17) is 16.7 Å². The number of hydrogen-bond acceptors (Lipinski definition) is 3. The molecular formula is C12H16ClN3O3. The average Bonchev–Trinajstić information content (AvgIpc) is 2.62. The summed E-state index contributed by atoms with van der Waals surface area (Å²) < 4.78 is 1.45. The van der Waals surface area contributed by atoms with E-state index in [0.717, 1.165) is 0 Å². The molecule has 1 saturated heterocycles. The van der Waals surface area contributed by atoms with Crippen LogP contribution in [0, 0.1) is 12.8 Å². The predicted octanol–water partition coefficient (Wildman–Crippen LogP) is 1.32. The van der Waals surface area contributed by atoms with Gasteiger partial charge in [0.25, 0.3) is 5.91 Å². The number of halogens is 1. The number of amides is 1.